The molecule has 1 aromatic heterocycles. The molecule has 0 saturated heterocycles. The highest BCUT2D eigenvalue weighted by Gasteiger charge is 2.39. The summed E-state index contributed by atoms with van der Waals surface area (Å²) < 4.78 is 5.50. The summed E-state index contributed by atoms with van der Waals surface area (Å²) >= 11 is 0. The van der Waals surface area contributed by atoms with Crippen LogP contribution in [0.2, 0.25) is 0 Å². The molecule has 0 spiro atoms. The van der Waals surface area contributed by atoms with E-state index in [2.05, 4.69) is 4.98 Å². The Labute approximate surface area is 114 Å². The number of hydrogen-bond donors (Lipinski definition) is 2. The van der Waals surface area contributed by atoms with Gasteiger partial charge in [0.25, 0.3) is 0 Å². The number of hydrogen-bond acceptors (Lipinski definition) is 5. The zero-order valence-corrected chi connectivity index (χ0v) is 11.9. The van der Waals surface area contributed by atoms with Gasteiger partial charge in [-0.05, 0) is 40.2 Å². The summed E-state index contributed by atoms with van der Waals surface area (Å²) in [4.78, 5) is 3.95. The first-order valence-corrected chi connectivity index (χ1v) is 6.03. The molecule has 0 atom stereocenters. The molecule has 5 nitrogen and oxygen atoms in total. The second-order valence-corrected chi connectivity index (χ2v) is 5.59. The van der Waals surface area contributed by atoms with Crippen LogP contribution in [0, 0.1) is 18.3 Å². The molecule has 1 rings (SSSR count). The minimum atomic E-state index is -1.21. The third kappa shape index (κ3) is 3.54. The van der Waals surface area contributed by atoms with Crippen molar-refractivity contribution in [2.45, 2.75) is 45.8 Å². The van der Waals surface area contributed by atoms with Gasteiger partial charge < -0.3 is 14.8 Å². The van der Waals surface area contributed by atoms with Gasteiger partial charge in [-0.2, -0.15) is 5.26 Å². The van der Waals surface area contributed by atoms with Crippen molar-refractivity contribution in [1.29, 1.82) is 5.26 Å². The highest BCUT2D eigenvalue weighted by atomic mass is 16.5. The van der Waals surface area contributed by atoms with E-state index in [1.807, 2.05) is 6.07 Å². The Morgan fingerprint density at radius 3 is 2.37 bits per heavy atom. The van der Waals surface area contributed by atoms with Crippen LogP contribution in [0.25, 0.3) is 0 Å². The first-order chi connectivity index (χ1) is 8.58. The Morgan fingerprint density at radius 2 is 1.95 bits per heavy atom. The summed E-state index contributed by atoms with van der Waals surface area (Å²) in [6.07, 6.45) is 1.40. The van der Waals surface area contributed by atoms with Crippen LogP contribution < -0.4 is 5.46 Å². The van der Waals surface area contributed by atoms with Gasteiger partial charge in [-0.1, -0.05) is 6.07 Å². The first kappa shape index (κ1) is 15.6. The number of pyridine rings is 1. The van der Waals surface area contributed by atoms with Crippen LogP contribution in [-0.4, -0.2) is 33.4 Å². The predicted octanol–water partition coefficient (Wildman–Crippen LogP) is 0.515. The minimum Gasteiger partial charge on any atom is -0.423 e. The monoisotopic (exact) mass is 262 g/mol. The Balaban J connectivity index is 2.94. The molecule has 0 unspecified atom stereocenters. The topological polar surface area (TPSA) is 86.4 Å². The lowest BCUT2D eigenvalue weighted by Crippen LogP contribution is -2.53. The van der Waals surface area contributed by atoms with Crippen molar-refractivity contribution in [1.82, 2.24) is 4.98 Å². The quantitative estimate of drug-likeness (QED) is 0.772. The Morgan fingerprint density at radius 1 is 1.37 bits per heavy atom. The number of nitrogens with zero attached hydrogens (tertiary/aromatic N) is 2. The average Bonchev–Trinajstić information content (AvgIpc) is 2.26. The van der Waals surface area contributed by atoms with Crippen LogP contribution in [0.3, 0.4) is 0 Å². The van der Waals surface area contributed by atoms with Crippen LogP contribution in [-0.2, 0) is 4.65 Å². The highest BCUT2D eigenvalue weighted by Crippen LogP contribution is 2.25. The van der Waals surface area contributed by atoms with Crippen LogP contribution >= 0.6 is 0 Å². The van der Waals surface area contributed by atoms with Crippen LogP contribution in [0.1, 0.15) is 39.0 Å². The molecule has 0 aliphatic carbocycles. The van der Waals surface area contributed by atoms with Crippen LogP contribution in [0.15, 0.2) is 12.3 Å². The van der Waals surface area contributed by atoms with Gasteiger partial charge in [-0.15, -0.1) is 0 Å². The molecular weight excluding hydrogens is 243 g/mol. The number of nitriles is 1. The van der Waals surface area contributed by atoms with E-state index in [1.54, 1.807) is 40.7 Å². The lowest BCUT2D eigenvalue weighted by molar-refractivity contribution is -0.0982. The van der Waals surface area contributed by atoms with Crippen molar-refractivity contribution in [3.8, 4) is 6.07 Å². The van der Waals surface area contributed by atoms with Gasteiger partial charge >= 0.3 is 7.12 Å². The lowest BCUT2D eigenvalue weighted by atomic mass is 9.77. The zero-order valence-electron chi connectivity index (χ0n) is 11.9. The fraction of sp³-hybridized carbons (Fsp3) is 0.538. The van der Waals surface area contributed by atoms with E-state index in [1.165, 1.54) is 6.20 Å². The molecule has 0 fully saturated rings. The van der Waals surface area contributed by atoms with E-state index in [0.29, 0.717) is 16.7 Å². The molecule has 0 aliphatic heterocycles. The molecule has 2 N–H and O–H groups in total. The van der Waals surface area contributed by atoms with Crippen molar-refractivity contribution in [2.75, 3.05) is 0 Å². The summed E-state index contributed by atoms with van der Waals surface area (Å²) in [6, 6.07) is 3.61. The van der Waals surface area contributed by atoms with Gasteiger partial charge in [0.1, 0.15) is 11.8 Å². The van der Waals surface area contributed by atoms with Gasteiger partial charge in [-0.3, -0.25) is 0 Å². The molecule has 1 aromatic rings. The molecule has 0 radical (unpaired) electrons. The molecule has 19 heavy (non-hydrogen) atoms. The maximum atomic E-state index is 10.1. The Bertz CT molecular complexity index is 504. The molecule has 102 valence electrons. The van der Waals surface area contributed by atoms with Crippen LogP contribution in [0.4, 0.5) is 0 Å². The average molecular weight is 262 g/mol. The first-order valence-electron chi connectivity index (χ1n) is 6.03. The van der Waals surface area contributed by atoms with Gasteiger partial charge in [0.05, 0.1) is 11.2 Å². The van der Waals surface area contributed by atoms with E-state index in [9.17, 15) is 10.1 Å². The highest BCUT2D eigenvalue weighted by molar-refractivity contribution is 6.60. The molecule has 6 heteroatoms. The second kappa shape index (κ2) is 5.29. The maximum absolute atomic E-state index is 10.1. The summed E-state index contributed by atoms with van der Waals surface area (Å²) in [6.45, 7) is 8.35. The normalized spacial score (nSPS) is 12.1. The Hall–Kier alpha value is -1.42. The third-order valence-electron chi connectivity index (χ3n) is 3.37. The Kier molecular flexibility index (Phi) is 4.36. The number of aromatic nitrogens is 1. The largest absolute Gasteiger partial charge is 0.493 e. The SMILES string of the molecule is Cc1cc(B(O)OC(C)(C)C(C)(C)O)cnc1C#N. The van der Waals surface area contributed by atoms with Crippen molar-refractivity contribution < 1.29 is 14.8 Å². The molecule has 0 amide bonds. The summed E-state index contributed by atoms with van der Waals surface area (Å²) in [5, 5.41) is 28.8. The van der Waals surface area contributed by atoms with Gasteiger partial charge in [0.2, 0.25) is 0 Å². The summed E-state index contributed by atoms with van der Waals surface area (Å²) in [5.74, 6) is 0. The fourth-order valence-corrected chi connectivity index (χ4v) is 1.34. The summed E-state index contributed by atoms with van der Waals surface area (Å²) in [7, 11) is -1.21. The van der Waals surface area contributed by atoms with E-state index < -0.39 is 18.3 Å². The fourth-order valence-electron chi connectivity index (χ4n) is 1.34. The van der Waals surface area contributed by atoms with E-state index >= 15 is 0 Å². The molecule has 0 aliphatic rings. The molecule has 0 saturated carbocycles. The molecule has 0 aromatic carbocycles. The standard InChI is InChI=1S/C13H19BN2O3/c1-9-6-10(8-16-11(9)7-15)14(18)19-13(4,5)12(2,3)17/h6,8,17-18H,1-5H3. The minimum absolute atomic E-state index is 0.317. The zero-order chi connectivity index (χ0) is 14.8. The lowest BCUT2D eigenvalue weighted by Gasteiger charge is -2.38. The smallest absolute Gasteiger partial charge is 0.423 e. The van der Waals surface area contributed by atoms with Crippen molar-refractivity contribution in [2.24, 2.45) is 0 Å². The maximum Gasteiger partial charge on any atom is 0.493 e. The summed E-state index contributed by atoms with van der Waals surface area (Å²) in [5.41, 5.74) is -0.604. The van der Waals surface area contributed by atoms with Gasteiger partial charge in [-0.25, -0.2) is 4.98 Å². The van der Waals surface area contributed by atoms with E-state index in [4.69, 9.17) is 9.92 Å². The van der Waals surface area contributed by atoms with Gasteiger partial charge in [0, 0.05) is 11.7 Å². The predicted molar refractivity (Wildman–Crippen MR) is 72.8 cm³/mol. The van der Waals surface area contributed by atoms with E-state index in [-0.39, 0.29) is 0 Å². The second-order valence-electron chi connectivity index (χ2n) is 5.59. The van der Waals surface area contributed by atoms with Crippen molar-refractivity contribution in [3.05, 3.63) is 23.5 Å². The number of rotatable bonds is 4. The van der Waals surface area contributed by atoms with Crippen molar-refractivity contribution >= 4 is 12.6 Å². The van der Waals surface area contributed by atoms with Crippen molar-refractivity contribution in [3.63, 3.8) is 0 Å². The number of aliphatic hydroxyl groups is 1. The number of aryl methyl sites for hydroxylation is 1. The molecule has 1 heterocycles. The van der Waals surface area contributed by atoms with Gasteiger partial charge in [0.15, 0.2) is 0 Å². The van der Waals surface area contributed by atoms with Crippen LogP contribution in [0.5, 0.6) is 0 Å². The molecular formula is C13H19BN2O3. The third-order valence-corrected chi connectivity index (χ3v) is 3.37. The molecule has 0 bridgehead atoms. The van der Waals surface area contributed by atoms with E-state index in [0.717, 1.165) is 0 Å².